The number of rotatable bonds is 35. The summed E-state index contributed by atoms with van der Waals surface area (Å²) in [4.78, 5) is 0. The van der Waals surface area contributed by atoms with Gasteiger partial charge in [-0.05, 0) is 23.7 Å². The standard InChI is InChI=1S/C42H86/c1-7-9-11-13-15-17-19-21-23-25-27-32-40(4)34-29-36-42(6)38-30-37-41(5)35-28-33-39(3)31-26-24-22-20-18-16-14-12-10-8-2/h39-42H,7-38H2,1-6H3. The van der Waals surface area contributed by atoms with Crippen molar-refractivity contribution in [2.75, 3.05) is 0 Å². The van der Waals surface area contributed by atoms with Crippen molar-refractivity contribution in [2.24, 2.45) is 23.7 Å². The van der Waals surface area contributed by atoms with Gasteiger partial charge in [-0.3, -0.25) is 0 Å². The molecule has 42 heavy (non-hydrogen) atoms. The second-order valence-electron chi connectivity index (χ2n) is 15.5. The van der Waals surface area contributed by atoms with Crippen molar-refractivity contribution in [3.8, 4) is 0 Å². The van der Waals surface area contributed by atoms with E-state index in [1.54, 1.807) is 0 Å². The van der Waals surface area contributed by atoms with Crippen LogP contribution in [0.25, 0.3) is 0 Å². The molecule has 0 saturated heterocycles. The molecule has 0 aliphatic rings. The van der Waals surface area contributed by atoms with Gasteiger partial charge in [0.1, 0.15) is 0 Å². The molecular weight excluding hydrogens is 504 g/mol. The molecule has 0 bridgehead atoms. The van der Waals surface area contributed by atoms with E-state index in [9.17, 15) is 0 Å². The number of unbranched alkanes of at least 4 members (excludes halogenated alkanes) is 19. The molecule has 0 N–H and O–H groups in total. The Morgan fingerprint density at radius 3 is 0.595 bits per heavy atom. The predicted octanol–water partition coefficient (Wildman–Crippen LogP) is 16.1. The SMILES string of the molecule is CCCCCCCCCCCCCC(C)CCCC(C)CCCC(C)CCCC(C)CCCCCCCCCCCC. The lowest BCUT2D eigenvalue weighted by molar-refractivity contribution is 0.364. The summed E-state index contributed by atoms with van der Waals surface area (Å²) in [6.45, 7) is 14.7. The van der Waals surface area contributed by atoms with Gasteiger partial charge in [0.05, 0.1) is 0 Å². The molecule has 0 aromatic rings. The fourth-order valence-electron chi connectivity index (χ4n) is 7.16. The first-order chi connectivity index (χ1) is 20.5. The van der Waals surface area contributed by atoms with Crippen molar-refractivity contribution in [2.45, 2.75) is 247 Å². The molecule has 0 rings (SSSR count). The van der Waals surface area contributed by atoms with E-state index in [2.05, 4.69) is 41.5 Å². The van der Waals surface area contributed by atoms with Crippen molar-refractivity contribution in [1.29, 1.82) is 0 Å². The van der Waals surface area contributed by atoms with Gasteiger partial charge in [0.2, 0.25) is 0 Å². The summed E-state index contributed by atoms with van der Waals surface area (Å²) in [5.74, 6) is 3.77. The first-order valence-electron chi connectivity index (χ1n) is 20.5. The second kappa shape index (κ2) is 33.9. The summed E-state index contributed by atoms with van der Waals surface area (Å²) in [5, 5.41) is 0. The average Bonchev–Trinajstić information content (AvgIpc) is 2.97. The molecule has 254 valence electrons. The Morgan fingerprint density at radius 2 is 0.381 bits per heavy atom. The molecule has 0 heterocycles. The van der Waals surface area contributed by atoms with E-state index in [1.165, 1.54) is 205 Å². The Labute approximate surface area is 270 Å². The van der Waals surface area contributed by atoms with Crippen LogP contribution in [-0.4, -0.2) is 0 Å². The van der Waals surface area contributed by atoms with E-state index in [0.29, 0.717) is 0 Å². The summed E-state index contributed by atoms with van der Waals surface area (Å²) in [6, 6.07) is 0. The van der Waals surface area contributed by atoms with Crippen LogP contribution in [0.15, 0.2) is 0 Å². The van der Waals surface area contributed by atoms with Crippen LogP contribution < -0.4 is 0 Å². The van der Waals surface area contributed by atoms with Crippen LogP contribution in [-0.2, 0) is 0 Å². The minimum Gasteiger partial charge on any atom is -0.0654 e. The molecule has 0 heteroatoms. The van der Waals surface area contributed by atoms with E-state index in [-0.39, 0.29) is 0 Å². The molecule has 0 saturated carbocycles. The summed E-state index contributed by atoms with van der Waals surface area (Å²) >= 11 is 0. The molecule has 4 atom stereocenters. The molecule has 0 aliphatic heterocycles. The van der Waals surface area contributed by atoms with Crippen LogP contribution in [0.3, 0.4) is 0 Å². The van der Waals surface area contributed by atoms with Gasteiger partial charge in [-0.2, -0.15) is 0 Å². The Hall–Kier alpha value is 0. The van der Waals surface area contributed by atoms with Crippen LogP contribution in [0.2, 0.25) is 0 Å². The van der Waals surface area contributed by atoms with Crippen LogP contribution in [0.4, 0.5) is 0 Å². The van der Waals surface area contributed by atoms with Gasteiger partial charge >= 0.3 is 0 Å². The zero-order valence-corrected chi connectivity index (χ0v) is 30.9. The third kappa shape index (κ3) is 32.9. The van der Waals surface area contributed by atoms with Crippen molar-refractivity contribution in [3.63, 3.8) is 0 Å². The molecule has 0 spiro atoms. The normalized spacial score (nSPS) is 14.7. The smallest absolute Gasteiger partial charge is 0.0443 e. The van der Waals surface area contributed by atoms with Gasteiger partial charge in [0.25, 0.3) is 0 Å². The van der Waals surface area contributed by atoms with E-state index in [0.717, 1.165) is 23.7 Å². The van der Waals surface area contributed by atoms with Crippen molar-refractivity contribution < 1.29 is 0 Å². The summed E-state index contributed by atoms with van der Waals surface area (Å²) in [5.41, 5.74) is 0. The maximum Gasteiger partial charge on any atom is -0.0443 e. The van der Waals surface area contributed by atoms with Crippen molar-refractivity contribution >= 4 is 0 Å². The predicted molar refractivity (Wildman–Crippen MR) is 196 cm³/mol. The van der Waals surface area contributed by atoms with Crippen LogP contribution in [0.5, 0.6) is 0 Å². The number of hydrogen-bond donors (Lipinski definition) is 0. The molecule has 0 aliphatic carbocycles. The van der Waals surface area contributed by atoms with Gasteiger partial charge < -0.3 is 0 Å². The van der Waals surface area contributed by atoms with E-state index in [1.807, 2.05) is 0 Å². The van der Waals surface area contributed by atoms with Gasteiger partial charge in [0.15, 0.2) is 0 Å². The molecule has 0 fully saturated rings. The largest absolute Gasteiger partial charge is 0.0654 e. The highest BCUT2D eigenvalue weighted by Gasteiger charge is 2.09. The summed E-state index contributed by atoms with van der Waals surface area (Å²) < 4.78 is 0. The molecule has 0 nitrogen and oxygen atoms in total. The second-order valence-corrected chi connectivity index (χ2v) is 15.5. The highest BCUT2D eigenvalue weighted by Crippen LogP contribution is 2.25. The first-order valence-corrected chi connectivity index (χ1v) is 20.5. The van der Waals surface area contributed by atoms with Crippen LogP contribution >= 0.6 is 0 Å². The van der Waals surface area contributed by atoms with Gasteiger partial charge in [-0.1, -0.05) is 247 Å². The van der Waals surface area contributed by atoms with E-state index < -0.39 is 0 Å². The van der Waals surface area contributed by atoms with Gasteiger partial charge in [0, 0.05) is 0 Å². The van der Waals surface area contributed by atoms with Crippen LogP contribution in [0, 0.1) is 23.7 Å². The topological polar surface area (TPSA) is 0 Å². The monoisotopic (exact) mass is 591 g/mol. The first kappa shape index (κ1) is 42.0. The highest BCUT2D eigenvalue weighted by atomic mass is 14.2. The zero-order chi connectivity index (χ0) is 30.9. The van der Waals surface area contributed by atoms with E-state index >= 15 is 0 Å². The Balaban J connectivity index is 3.47. The Bertz CT molecular complexity index is 480. The molecule has 0 radical (unpaired) electrons. The van der Waals surface area contributed by atoms with Gasteiger partial charge in [-0.25, -0.2) is 0 Å². The Morgan fingerprint density at radius 1 is 0.214 bits per heavy atom. The minimum absolute atomic E-state index is 0.937. The number of hydrogen-bond acceptors (Lipinski definition) is 0. The lowest BCUT2D eigenvalue weighted by atomic mass is 9.89. The van der Waals surface area contributed by atoms with Crippen molar-refractivity contribution in [3.05, 3.63) is 0 Å². The molecule has 0 aromatic heterocycles. The lowest BCUT2D eigenvalue weighted by Crippen LogP contribution is -2.02. The minimum atomic E-state index is 0.937. The molecule has 4 unspecified atom stereocenters. The lowest BCUT2D eigenvalue weighted by Gasteiger charge is -2.17. The van der Waals surface area contributed by atoms with Crippen molar-refractivity contribution in [1.82, 2.24) is 0 Å². The Kier molecular flexibility index (Phi) is 33.9. The van der Waals surface area contributed by atoms with Crippen LogP contribution in [0.1, 0.15) is 247 Å². The highest BCUT2D eigenvalue weighted by molar-refractivity contribution is 4.62. The molecule has 0 amide bonds. The third-order valence-corrected chi connectivity index (χ3v) is 10.5. The fourth-order valence-corrected chi connectivity index (χ4v) is 7.16. The average molecular weight is 591 g/mol. The molecule has 0 aromatic carbocycles. The maximum atomic E-state index is 2.52. The summed E-state index contributed by atoms with van der Waals surface area (Å²) in [6.07, 6.45) is 46.9. The van der Waals surface area contributed by atoms with E-state index in [4.69, 9.17) is 0 Å². The quantitative estimate of drug-likeness (QED) is 0.0644. The summed E-state index contributed by atoms with van der Waals surface area (Å²) in [7, 11) is 0. The van der Waals surface area contributed by atoms with Gasteiger partial charge in [-0.15, -0.1) is 0 Å². The third-order valence-electron chi connectivity index (χ3n) is 10.5. The fraction of sp³-hybridized carbons (Fsp3) is 1.00. The maximum absolute atomic E-state index is 2.52. The zero-order valence-electron chi connectivity index (χ0n) is 30.9. The molecular formula is C42H86.